The minimum Gasteiger partial charge on any atom is -0.300 e. The number of halogens is 3. The maximum absolute atomic E-state index is 12.4. The van der Waals surface area contributed by atoms with Gasteiger partial charge >= 0.3 is 6.18 Å². The van der Waals surface area contributed by atoms with E-state index in [0.717, 1.165) is 4.90 Å². The fraction of sp³-hybridized carbons (Fsp3) is 0.300. The fourth-order valence-corrected chi connectivity index (χ4v) is 1.59. The van der Waals surface area contributed by atoms with Gasteiger partial charge in [-0.15, -0.1) is 0 Å². The van der Waals surface area contributed by atoms with Crippen molar-refractivity contribution in [3.05, 3.63) is 30.3 Å². The second kappa shape index (κ2) is 3.25. The number of nitrogens with zero attached hydrogens (tertiary/aromatic N) is 1. The van der Waals surface area contributed by atoms with Crippen molar-refractivity contribution in [1.82, 2.24) is 0 Å². The van der Waals surface area contributed by atoms with Gasteiger partial charge in [0.25, 0.3) is 0 Å². The van der Waals surface area contributed by atoms with Gasteiger partial charge in [-0.1, -0.05) is 18.2 Å². The molecule has 0 unspecified atom stereocenters. The summed E-state index contributed by atoms with van der Waals surface area (Å²) in [7, 11) is 0. The third-order valence-electron chi connectivity index (χ3n) is 2.36. The molecule has 1 amide bonds. The van der Waals surface area contributed by atoms with Crippen LogP contribution in [0.3, 0.4) is 0 Å². The van der Waals surface area contributed by atoms with Crippen LogP contribution in [-0.2, 0) is 4.79 Å². The largest absolute Gasteiger partial charge is 0.409 e. The molecule has 5 heteroatoms. The van der Waals surface area contributed by atoms with E-state index in [4.69, 9.17) is 0 Å². The molecule has 0 radical (unpaired) electrons. The number of hydrogen-bond acceptors (Lipinski definition) is 1. The molecule has 0 aromatic heterocycles. The van der Waals surface area contributed by atoms with Gasteiger partial charge in [0.2, 0.25) is 5.91 Å². The standard InChI is InChI=1S/C10H8F3NO/c11-10(12,13)8-6-9(15)14(8)7-4-2-1-3-5-7/h1-5,8H,6H2/t8-/m1/s1. The quantitative estimate of drug-likeness (QED) is 0.658. The van der Waals surface area contributed by atoms with Crippen LogP contribution in [0.25, 0.3) is 0 Å². The van der Waals surface area contributed by atoms with Gasteiger partial charge in [0.15, 0.2) is 0 Å². The lowest BCUT2D eigenvalue weighted by atomic mass is 10.0. The second-order valence-electron chi connectivity index (χ2n) is 3.36. The summed E-state index contributed by atoms with van der Waals surface area (Å²) in [5.74, 6) is -0.483. The van der Waals surface area contributed by atoms with E-state index in [-0.39, 0.29) is 0 Å². The Kier molecular flexibility index (Phi) is 2.17. The molecule has 0 saturated carbocycles. The number of benzene rings is 1. The molecule has 1 aromatic rings. The van der Waals surface area contributed by atoms with Crippen LogP contribution in [0, 0.1) is 0 Å². The Morgan fingerprint density at radius 3 is 2.27 bits per heavy atom. The van der Waals surface area contributed by atoms with Gasteiger partial charge in [0.05, 0.1) is 6.42 Å². The Morgan fingerprint density at radius 1 is 1.20 bits per heavy atom. The lowest BCUT2D eigenvalue weighted by Gasteiger charge is -2.41. The maximum Gasteiger partial charge on any atom is 0.409 e. The number of hydrogen-bond donors (Lipinski definition) is 0. The van der Waals surface area contributed by atoms with Crippen molar-refractivity contribution in [1.29, 1.82) is 0 Å². The molecule has 1 atom stereocenters. The Hall–Kier alpha value is -1.52. The van der Waals surface area contributed by atoms with Crippen LogP contribution in [0.4, 0.5) is 18.9 Å². The number of anilines is 1. The summed E-state index contributed by atoms with van der Waals surface area (Å²) in [4.78, 5) is 11.9. The molecule has 1 heterocycles. The predicted octanol–water partition coefficient (Wildman–Crippen LogP) is 2.35. The van der Waals surface area contributed by atoms with Crippen molar-refractivity contribution in [2.45, 2.75) is 18.6 Å². The van der Waals surface area contributed by atoms with Crippen LogP contribution in [-0.4, -0.2) is 18.1 Å². The molecule has 1 aliphatic heterocycles. The van der Waals surface area contributed by atoms with Gasteiger partial charge in [-0.25, -0.2) is 0 Å². The van der Waals surface area contributed by atoms with Crippen LogP contribution in [0.1, 0.15) is 6.42 Å². The molecule has 1 fully saturated rings. The summed E-state index contributed by atoms with van der Waals surface area (Å²) in [5, 5.41) is 0. The van der Waals surface area contributed by atoms with Gasteiger partial charge in [-0.3, -0.25) is 9.69 Å². The number of carbonyl (C=O) groups excluding carboxylic acids is 1. The number of amides is 1. The van der Waals surface area contributed by atoms with Gasteiger partial charge in [-0.2, -0.15) is 13.2 Å². The zero-order valence-electron chi connectivity index (χ0n) is 7.66. The summed E-state index contributed by atoms with van der Waals surface area (Å²) in [5.41, 5.74) is 0.302. The number of para-hydroxylation sites is 1. The molecular weight excluding hydrogens is 207 g/mol. The van der Waals surface area contributed by atoms with Crippen LogP contribution in [0.2, 0.25) is 0 Å². The van der Waals surface area contributed by atoms with Gasteiger partial charge in [0, 0.05) is 5.69 Å². The Bertz CT molecular complexity index is 374. The minimum absolute atomic E-state index is 0.302. The summed E-state index contributed by atoms with van der Waals surface area (Å²) in [6, 6.07) is 6.23. The number of carbonyl (C=O) groups is 1. The second-order valence-corrected chi connectivity index (χ2v) is 3.36. The Balaban J connectivity index is 2.25. The molecule has 1 aromatic carbocycles. The molecule has 0 spiro atoms. The SMILES string of the molecule is O=C1C[C@H](C(F)(F)F)N1c1ccccc1. The normalized spacial score (nSPS) is 21.4. The molecule has 0 N–H and O–H groups in total. The Labute approximate surface area is 84.3 Å². The first-order valence-corrected chi connectivity index (χ1v) is 4.44. The van der Waals surface area contributed by atoms with Gasteiger partial charge in [0.1, 0.15) is 6.04 Å². The molecule has 1 aliphatic rings. The monoisotopic (exact) mass is 215 g/mol. The predicted molar refractivity (Wildman–Crippen MR) is 48.4 cm³/mol. The summed E-state index contributed by atoms with van der Waals surface area (Å²) in [6.45, 7) is 0. The highest BCUT2D eigenvalue weighted by atomic mass is 19.4. The number of rotatable bonds is 1. The van der Waals surface area contributed by atoms with Crippen molar-refractivity contribution >= 4 is 11.6 Å². The van der Waals surface area contributed by atoms with E-state index >= 15 is 0 Å². The first kappa shape index (κ1) is 10.0. The molecule has 1 saturated heterocycles. The van der Waals surface area contributed by atoms with E-state index in [1.165, 1.54) is 12.1 Å². The zero-order chi connectivity index (χ0) is 11.1. The minimum atomic E-state index is -4.34. The highest BCUT2D eigenvalue weighted by Gasteiger charge is 2.53. The van der Waals surface area contributed by atoms with E-state index in [1.807, 2.05) is 0 Å². The average molecular weight is 215 g/mol. The third kappa shape index (κ3) is 1.69. The first-order chi connectivity index (χ1) is 7.00. The van der Waals surface area contributed by atoms with Crippen LogP contribution in [0.15, 0.2) is 30.3 Å². The topological polar surface area (TPSA) is 20.3 Å². The molecule has 2 rings (SSSR count). The fourth-order valence-electron chi connectivity index (χ4n) is 1.59. The molecule has 80 valence electrons. The molecule has 2 nitrogen and oxygen atoms in total. The molecular formula is C10H8F3NO. The number of β-lactam (4-membered cyclic amide) rings is 1. The Morgan fingerprint density at radius 2 is 1.80 bits per heavy atom. The van der Waals surface area contributed by atoms with Crippen molar-refractivity contribution in [3.8, 4) is 0 Å². The lowest BCUT2D eigenvalue weighted by Crippen LogP contribution is -2.60. The molecule has 0 bridgehead atoms. The van der Waals surface area contributed by atoms with E-state index in [1.54, 1.807) is 18.2 Å². The van der Waals surface area contributed by atoms with Gasteiger partial charge in [-0.05, 0) is 12.1 Å². The van der Waals surface area contributed by atoms with E-state index in [0.29, 0.717) is 5.69 Å². The van der Waals surface area contributed by atoms with E-state index in [2.05, 4.69) is 0 Å². The summed E-state index contributed by atoms with van der Waals surface area (Å²) in [6.07, 6.45) is -4.79. The van der Waals surface area contributed by atoms with Crippen LogP contribution in [0.5, 0.6) is 0 Å². The highest BCUT2D eigenvalue weighted by Crippen LogP contribution is 2.37. The van der Waals surface area contributed by atoms with Gasteiger partial charge < -0.3 is 0 Å². The molecule has 15 heavy (non-hydrogen) atoms. The van der Waals surface area contributed by atoms with Crippen molar-refractivity contribution in [2.24, 2.45) is 0 Å². The van der Waals surface area contributed by atoms with E-state index < -0.39 is 24.5 Å². The first-order valence-electron chi connectivity index (χ1n) is 4.44. The van der Waals surface area contributed by atoms with Crippen molar-refractivity contribution in [2.75, 3.05) is 4.90 Å². The maximum atomic E-state index is 12.4. The van der Waals surface area contributed by atoms with Crippen molar-refractivity contribution < 1.29 is 18.0 Å². The molecule has 0 aliphatic carbocycles. The number of alkyl halides is 3. The zero-order valence-corrected chi connectivity index (χ0v) is 7.66. The highest BCUT2D eigenvalue weighted by molar-refractivity contribution is 6.01. The summed E-state index contributed by atoms with van der Waals surface area (Å²) < 4.78 is 37.2. The average Bonchev–Trinajstić information content (AvgIpc) is 2.14. The smallest absolute Gasteiger partial charge is 0.300 e. The third-order valence-corrected chi connectivity index (χ3v) is 2.36. The van der Waals surface area contributed by atoms with E-state index in [9.17, 15) is 18.0 Å². The van der Waals surface area contributed by atoms with Crippen LogP contribution < -0.4 is 4.90 Å². The summed E-state index contributed by atoms with van der Waals surface area (Å²) >= 11 is 0. The lowest BCUT2D eigenvalue weighted by molar-refractivity contribution is -0.170. The van der Waals surface area contributed by atoms with Crippen molar-refractivity contribution in [3.63, 3.8) is 0 Å². The van der Waals surface area contributed by atoms with Crippen LogP contribution >= 0.6 is 0 Å².